The van der Waals surface area contributed by atoms with Gasteiger partial charge in [0, 0.05) is 6.07 Å². The second kappa shape index (κ2) is 9.38. The SMILES string of the molecule is COc1ccc(OC)c(N([C@H](C)C(=O)N[C@@H](C)c2ccc(C)c(C)c2)S(C)(=O)=O)c1. The highest BCUT2D eigenvalue weighted by Gasteiger charge is 2.32. The van der Waals surface area contributed by atoms with Crippen LogP contribution in [0.15, 0.2) is 36.4 Å². The van der Waals surface area contributed by atoms with Crippen LogP contribution in [0, 0.1) is 13.8 Å². The summed E-state index contributed by atoms with van der Waals surface area (Å²) in [6, 6.07) is 9.49. The molecule has 0 aliphatic rings. The lowest BCUT2D eigenvalue weighted by Crippen LogP contribution is -2.48. The van der Waals surface area contributed by atoms with Gasteiger partial charge in [0.15, 0.2) is 0 Å². The monoisotopic (exact) mass is 434 g/mol. The molecule has 0 bridgehead atoms. The summed E-state index contributed by atoms with van der Waals surface area (Å²) in [4.78, 5) is 13.0. The lowest BCUT2D eigenvalue weighted by Gasteiger charge is -2.30. The Morgan fingerprint density at radius 3 is 2.20 bits per heavy atom. The zero-order valence-electron chi connectivity index (χ0n) is 18.5. The van der Waals surface area contributed by atoms with Gasteiger partial charge in [0.05, 0.1) is 32.2 Å². The molecule has 0 fully saturated rings. The highest BCUT2D eigenvalue weighted by Crippen LogP contribution is 2.35. The molecule has 0 spiro atoms. The molecule has 0 aromatic heterocycles. The molecule has 0 saturated heterocycles. The molecule has 7 nitrogen and oxygen atoms in total. The van der Waals surface area contributed by atoms with E-state index in [-0.39, 0.29) is 11.7 Å². The first-order chi connectivity index (χ1) is 14.0. The van der Waals surface area contributed by atoms with Crippen LogP contribution in [0.1, 0.15) is 36.6 Å². The minimum atomic E-state index is -3.80. The number of carbonyl (C=O) groups excluding carboxylic acids is 1. The molecule has 164 valence electrons. The van der Waals surface area contributed by atoms with Gasteiger partial charge < -0.3 is 14.8 Å². The molecule has 2 aromatic rings. The molecule has 0 aliphatic carbocycles. The van der Waals surface area contributed by atoms with E-state index in [4.69, 9.17) is 9.47 Å². The minimum Gasteiger partial charge on any atom is -0.497 e. The summed E-state index contributed by atoms with van der Waals surface area (Å²) in [7, 11) is -0.869. The standard InChI is InChI=1S/C22H30N2O5S/c1-14-8-9-18(12-15(14)2)16(3)23-22(25)17(4)24(30(7,26)27)20-13-19(28-5)10-11-21(20)29-6/h8-13,16-17H,1-7H3,(H,23,25)/t16-,17+/m0/s1. The van der Waals surface area contributed by atoms with Gasteiger partial charge in [-0.15, -0.1) is 0 Å². The fourth-order valence-corrected chi connectivity index (χ4v) is 4.37. The zero-order valence-corrected chi connectivity index (χ0v) is 19.3. The van der Waals surface area contributed by atoms with Gasteiger partial charge in [-0.3, -0.25) is 9.10 Å². The summed E-state index contributed by atoms with van der Waals surface area (Å²) >= 11 is 0. The van der Waals surface area contributed by atoms with Crippen molar-refractivity contribution in [1.29, 1.82) is 0 Å². The van der Waals surface area contributed by atoms with Crippen molar-refractivity contribution in [3.8, 4) is 11.5 Å². The van der Waals surface area contributed by atoms with Crippen LogP contribution >= 0.6 is 0 Å². The molecular weight excluding hydrogens is 404 g/mol. The quantitative estimate of drug-likeness (QED) is 0.689. The summed E-state index contributed by atoms with van der Waals surface area (Å²) in [5.74, 6) is 0.356. The number of benzene rings is 2. The van der Waals surface area contributed by atoms with Crippen molar-refractivity contribution >= 4 is 21.6 Å². The number of nitrogens with one attached hydrogen (secondary N) is 1. The maximum atomic E-state index is 13.0. The molecule has 0 aliphatic heterocycles. The van der Waals surface area contributed by atoms with Crippen molar-refractivity contribution in [3.63, 3.8) is 0 Å². The molecule has 1 N–H and O–H groups in total. The largest absolute Gasteiger partial charge is 0.497 e. The first-order valence-corrected chi connectivity index (χ1v) is 11.4. The Morgan fingerprint density at radius 2 is 1.67 bits per heavy atom. The summed E-state index contributed by atoms with van der Waals surface area (Å²) in [5, 5.41) is 2.91. The molecule has 8 heteroatoms. The third kappa shape index (κ3) is 5.24. The maximum Gasteiger partial charge on any atom is 0.244 e. The van der Waals surface area contributed by atoms with Crippen molar-refractivity contribution in [3.05, 3.63) is 53.1 Å². The van der Waals surface area contributed by atoms with Crippen molar-refractivity contribution < 1.29 is 22.7 Å². The van der Waals surface area contributed by atoms with Crippen LogP contribution in [0.5, 0.6) is 11.5 Å². The third-order valence-electron chi connectivity index (χ3n) is 5.10. The summed E-state index contributed by atoms with van der Waals surface area (Å²) in [6.07, 6.45) is 1.06. The van der Waals surface area contributed by atoms with Gasteiger partial charge in [-0.25, -0.2) is 8.42 Å². The van der Waals surface area contributed by atoms with Crippen molar-refractivity contribution in [1.82, 2.24) is 5.32 Å². The van der Waals surface area contributed by atoms with Crippen LogP contribution in [0.25, 0.3) is 0 Å². The number of methoxy groups -OCH3 is 2. The van der Waals surface area contributed by atoms with Gasteiger partial charge in [0.25, 0.3) is 0 Å². The molecule has 1 amide bonds. The van der Waals surface area contributed by atoms with E-state index in [2.05, 4.69) is 5.32 Å². The molecule has 0 saturated carbocycles. The Kier molecular flexibility index (Phi) is 7.36. The van der Waals surface area contributed by atoms with Crippen molar-refractivity contribution in [2.45, 2.75) is 39.8 Å². The molecular formula is C22H30N2O5S. The van der Waals surface area contributed by atoms with Crippen molar-refractivity contribution in [2.75, 3.05) is 24.8 Å². The highest BCUT2D eigenvalue weighted by molar-refractivity contribution is 7.92. The third-order valence-corrected chi connectivity index (χ3v) is 6.33. The molecule has 2 aromatic carbocycles. The topological polar surface area (TPSA) is 84.9 Å². The summed E-state index contributed by atoms with van der Waals surface area (Å²) in [6.45, 7) is 7.44. The number of hydrogen-bond donors (Lipinski definition) is 1. The molecule has 0 unspecified atom stereocenters. The van der Waals surface area contributed by atoms with E-state index >= 15 is 0 Å². The number of ether oxygens (including phenoxy) is 2. The Bertz CT molecular complexity index is 1020. The first-order valence-electron chi connectivity index (χ1n) is 9.58. The zero-order chi connectivity index (χ0) is 22.6. The maximum absolute atomic E-state index is 13.0. The van der Waals surface area contributed by atoms with Gasteiger partial charge in [-0.1, -0.05) is 18.2 Å². The van der Waals surface area contributed by atoms with Crippen LogP contribution in [0.3, 0.4) is 0 Å². The number of hydrogen-bond acceptors (Lipinski definition) is 5. The normalized spacial score (nSPS) is 13.3. The fraction of sp³-hybridized carbons (Fsp3) is 0.409. The Morgan fingerprint density at radius 1 is 1.00 bits per heavy atom. The number of rotatable bonds is 8. The van der Waals surface area contributed by atoms with E-state index in [1.807, 2.05) is 39.0 Å². The number of amides is 1. The van der Waals surface area contributed by atoms with Crippen LogP contribution in [-0.4, -0.2) is 40.8 Å². The molecule has 0 heterocycles. The van der Waals surface area contributed by atoms with Gasteiger partial charge >= 0.3 is 0 Å². The van der Waals surface area contributed by atoms with Crippen LogP contribution < -0.4 is 19.1 Å². The number of carbonyl (C=O) groups is 1. The summed E-state index contributed by atoms with van der Waals surface area (Å²) in [5.41, 5.74) is 3.48. The molecule has 2 atom stereocenters. The van der Waals surface area contributed by atoms with Crippen molar-refractivity contribution in [2.24, 2.45) is 0 Å². The molecule has 0 radical (unpaired) electrons. The second-order valence-electron chi connectivity index (χ2n) is 7.35. The molecule has 2 rings (SSSR count). The second-order valence-corrected chi connectivity index (χ2v) is 9.21. The van der Waals surface area contributed by atoms with Gasteiger partial charge in [0.2, 0.25) is 15.9 Å². The predicted molar refractivity (Wildman–Crippen MR) is 119 cm³/mol. The summed E-state index contributed by atoms with van der Waals surface area (Å²) < 4.78 is 36.9. The fourth-order valence-electron chi connectivity index (χ4n) is 3.20. The lowest BCUT2D eigenvalue weighted by atomic mass is 10.0. The van der Waals surface area contributed by atoms with E-state index in [9.17, 15) is 13.2 Å². The van der Waals surface area contributed by atoms with Crippen LogP contribution in [0.2, 0.25) is 0 Å². The van der Waals surface area contributed by atoms with E-state index in [0.717, 1.165) is 21.7 Å². The number of nitrogens with zero attached hydrogens (tertiary/aromatic N) is 1. The van der Waals surface area contributed by atoms with E-state index in [0.29, 0.717) is 11.5 Å². The average molecular weight is 435 g/mol. The van der Waals surface area contributed by atoms with Crippen LogP contribution in [0.4, 0.5) is 5.69 Å². The predicted octanol–water partition coefficient (Wildman–Crippen LogP) is 3.35. The Balaban J connectivity index is 2.37. The average Bonchev–Trinajstić information content (AvgIpc) is 2.68. The van der Waals surface area contributed by atoms with E-state index in [1.54, 1.807) is 19.1 Å². The van der Waals surface area contributed by atoms with E-state index < -0.39 is 22.0 Å². The van der Waals surface area contributed by atoms with E-state index in [1.165, 1.54) is 25.8 Å². The van der Waals surface area contributed by atoms with Gasteiger partial charge in [0.1, 0.15) is 17.5 Å². The number of sulfonamides is 1. The van der Waals surface area contributed by atoms with Gasteiger partial charge in [-0.05, 0) is 56.5 Å². The number of anilines is 1. The van der Waals surface area contributed by atoms with Gasteiger partial charge in [-0.2, -0.15) is 0 Å². The smallest absolute Gasteiger partial charge is 0.244 e. The number of aryl methyl sites for hydroxylation is 2. The minimum absolute atomic E-state index is 0.237. The first kappa shape index (κ1) is 23.5. The molecule has 30 heavy (non-hydrogen) atoms. The highest BCUT2D eigenvalue weighted by atomic mass is 32.2. The Labute approximate surface area is 179 Å². The lowest BCUT2D eigenvalue weighted by molar-refractivity contribution is -0.122. The Hall–Kier alpha value is -2.74. The van der Waals surface area contributed by atoms with Crippen LogP contribution in [-0.2, 0) is 14.8 Å².